The van der Waals surface area contributed by atoms with Gasteiger partial charge in [-0.3, -0.25) is 9.89 Å². The van der Waals surface area contributed by atoms with Gasteiger partial charge in [-0.25, -0.2) is 0 Å². The third-order valence-electron chi connectivity index (χ3n) is 5.80. The molecule has 0 atom stereocenters. The number of hydrogen-bond acceptors (Lipinski definition) is 3. The van der Waals surface area contributed by atoms with Crippen LogP contribution in [0.25, 0.3) is 0 Å². The quantitative estimate of drug-likeness (QED) is 0.561. The van der Waals surface area contributed by atoms with Gasteiger partial charge in [0.1, 0.15) is 0 Å². The minimum absolute atomic E-state index is 0.774. The number of guanidine groups is 1. The van der Waals surface area contributed by atoms with Gasteiger partial charge in [-0.15, -0.1) is 0 Å². The SMILES string of the molecule is CCN1CCN(Cc2ccccc2CNC(=NC)NCc2ccccc2C)CC1. The largest absolute Gasteiger partial charge is 0.352 e. The Labute approximate surface area is 175 Å². The van der Waals surface area contributed by atoms with E-state index >= 15 is 0 Å². The number of aryl methyl sites for hydroxylation is 1. The van der Waals surface area contributed by atoms with Crippen LogP contribution in [0.5, 0.6) is 0 Å². The Hall–Kier alpha value is -2.37. The molecule has 0 spiro atoms. The van der Waals surface area contributed by atoms with Crippen molar-refractivity contribution in [2.75, 3.05) is 39.8 Å². The molecule has 156 valence electrons. The lowest BCUT2D eigenvalue weighted by molar-refractivity contribution is 0.131. The van der Waals surface area contributed by atoms with Gasteiger partial charge in [-0.05, 0) is 35.7 Å². The van der Waals surface area contributed by atoms with Crippen molar-refractivity contribution in [3.63, 3.8) is 0 Å². The number of aliphatic imine (C=N–C) groups is 1. The first-order valence-corrected chi connectivity index (χ1v) is 10.7. The van der Waals surface area contributed by atoms with Crippen molar-refractivity contribution in [2.24, 2.45) is 4.99 Å². The van der Waals surface area contributed by atoms with E-state index in [1.807, 2.05) is 7.05 Å². The molecule has 0 aromatic heterocycles. The van der Waals surface area contributed by atoms with Crippen LogP contribution in [-0.2, 0) is 19.6 Å². The summed E-state index contributed by atoms with van der Waals surface area (Å²) in [5.74, 6) is 0.833. The molecule has 5 nitrogen and oxygen atoms in total. The first-order valence-electron chi connectivity index (χ1n) is 10.7. The second kappa shape index (κ2) is 11.0. The highest BCUT2D eigenvalue weighted by molar-refractivity contribution is 5.79. The Balaban J connectivity index is 1.54. The van der Waals surface area contributed by atoms with Gasteiger partial charge in [0.05, 0.1) is 0 Å². The van der Waals surface area contributed by atoms with E-state index in [1.165, 1.54) is 35.3 Å². The van der Waals surface area contributed by atoms with E-state index < -0.39 is 0 Å². The molecule has 1 aliphatic heterocycles. The number of nitrogens with one attached hydrogen (secondary N) is 2. The minimum Gasteiger partial charge on any atom is -0.352 e. The summed E-state index contributed by atoms with van der Waals surface area (Å²) in [6.07, 6.45) is 0. The molecule has 2 N–H and O–H groups in total. The number of rotatable bonds is 7. The van der Waals surface area contributed by atoms with Gasteiger partial charge in [0.25, 0.3) is 0 Å². The van der Waals surface area contributed by atoms with E-state index in [0.717, 1.165) is 45.2 Å². The number of hydrogen-bond donors (Lipinski definition) is 2. The molecular weight excluding hydrogens is 358 g/mol. The molecule has 29 heavy (non-hydrogen) atoms. The fourth-order valence-electron chi connectivity index (χ4n) is 3.78. The number of likely N-dealkylation sites (N-methyl/N-ethyl adjacent to an activating group) is 1. The lowest BCUT2D eigenvalue weighted by atomic mass is 10.1. The van der Waals surface area contributed by atoms with Gasteiger partial charge in [0.15, 0.2) is 5.96 Å². The van der Waals surface area contributed by atoms with Crippen LogP contribution < -0.4 is 10.6 Å². The van der Waals surface area contributed by atoms with Gasteiger partial charge in [-0.1, -0.05) is 55.5 Å². The molecule has 1 saturated heterocycles. The Bertz CT molecular complexity index is 793. The van der Waals surface area contributed by atoms with Crippen LogP contribution in [0, 0.1) is 6.92 Å². The molecule has 1 fully saturated rings. The van der Waals surface area contributed by atoms with E-state index in [2.05, 4.69) is 87.8 Å². The highest BCUT2D eigenvalue weighted by Crippen LogP contribution is 2.14. The molecule has 0 bridgehead atoms. The zero-order chi connectivity index (χ0) is 20.5. The fourth-order valence-corrected chi connectivity index (χ4v) is 3.78. The molecule has 1 aliphatic rings. The maximum absolute atomic E-state index is 4.39. The zero-order valence-corrected chi connectivity index (χ0v) is 18.1. The summed E-state index contributed by atoms with van der Waals surface area (Å²) in [7, 11) is 1.83. The molecule has 0 unspecified atom stereocenters. The maximum Gasteiger partial charge on any atom is 0.191 e. The molecule has 5 heteroatoms. The summed E-state index contributed by atoms with van der Waals surface area (Å²) in [5.41, 5.74) is 5.33. The summed E-state index contributed by atoms with van der Waals surface area (Å²) in [6.45, 7) is 12.8. The van der Waals surface area contributed by atoms with E-state index in [4.69, 9.17) is 0 Å². The fraction of sp³-hybridized carbons (Fsp3) is 0.458. The van der Waals surface area contributed by atoms with Crippen LogP contribution in [0.2, 0.25) is 0 Å². The average Bonchev–Trinajstić information content (AvgIpc) is 2.76. The third kappa shape index (κ3) is 6.31. The normalized spacial score (nSPS) is 16.0. The second-order valence-corrected chi connectivity index (χ2v) is 7.68. The Morgan fingerprint density at radius 3 is 2.00 bits per heavy atom. The summed E-state index contributed by atoms with van der Waals surface area (Å²) >= 11 is 0. The summed E-state index contributed by atoms with van der Waals surface area (Å²) < 4.78 is 0. The van der Waals surface area contributed by atoms with Crippen molar-refractivity contribution in [2.45, 2.75) is 33.5 Å². The molecule has 0 amide bonds. The molecule has 0 aliphatic carbocycles. The first kappa shape index (κ1) is 21.3. The van der Waals surface area contributed by atoms with Crippen LogP contribution in [0.1, 0.15) is 29.2 Å². The molecule has 0 radical (unpaired) electrons. The van der Waals surface area contributed by atoms with E-state index in [-0.39, 0.29) is 0 Å². The molecule has 0 saturated carbocycles. The van der Waals surface area contributed by atoms with Crippen LogP contribution in [0.4, 0.5) is 0 Å². The smallest absolute Gasteiger partial charge is 0.191 e. The highest BCUT2D eigenvalue weighted by Gasteiger charge is 2.16. The van der Waals surface area contributed by atoms with E-state index in [1.54, 1.807) is 0 Å². The van der Waals surface area contributed by atoms with Crippen molar-refractivity contribution >= 4 is 5.96 Å². The topological polar surface area (TPSA) is 42.9 Å². The zero-order valence-electron chi connectivity index (χ0n) is 18.1. The number of nitrogens with zero attached hydrogens (tertiary/aromatic N) is 3. The van der Waals surface area contributed by atoms with Crippen LogP contribution in [0.15, 0.2) is 53.5 Å². The summed E-state index contributed by atoms with van der Waals surface area (Å²) in [4.78, 5) is 9.48. The average molecular weight is 394 g/mol. The Morgan fingerprint density at radius 1 is 0.828 bits per heavy atom. The van der Waals surface area contributed by atoms with Crippen molar-refractivity contribution in [1.82, 2.24) is 20.4 Å². The van der Waals surface area contributed by atoms with Crippen molar-refractivity contribution in [3.8, 4) is 0 Å². The lowest BCUT2D eigenvalue weighted by Gasteiger charge is -2.34. The number of benzene rings is 2. The minimum atomic E-state index is 0.774. The van der Waals surface area contributed by atoms with Crippen LogP contribution >= 0.6 is 0 Å². The maximum atomic E-state index is 4.39. The Kier molecular flexibility index (Phi) is 8.08. The molecule has 3 rings (SSSR count). The van der Waals surface area contributed by atoms with Crippen LogP contribution in [-0.4, -0.2) is 55.5 Å². The molecular formula is C24H35N5. The molecule has 2 aromatic rings. The predicted octanol–water partition coefficient (Wildman–Crippen LogP) is 3.00. The Morgan fingerprint density at radius 2 is 1.38 bits per heavy atom. The molecule has 1 heterocycles. The monoisotopic (exact) mass is 393 g/mol. The van der Waals surface area contributed by atoms with Gasteiger partial charge < -0.3 is 15.5 Å². The van der Waals surface area contributed by atoms with Crippen molar-refractivity contribution in [3.05, 3.63) is 70.8 Å². The van der Waals surface area contributed by atoms with Gasteiger partial charge >= 0.3 is 0 Å². The van der Waals surface area contributed by atoms with Gasteiger partial charge in [0.2, 0.25) is 0 Å². The summed E-state index contributed by atoms with van der Waals surface area (Å²) in [5, 5.41) is 6.91. The highest BCUT2D eigenvalue weighted by atomic mass is 15.3. The number of piperazine rings is 1. The van der Waals surface area contributed by atoms with E-state index in [0.29, 0.717) is 0 Å². The first-order chi connectivity index (χ1) is 14.2. The van der Waals surface area contributed by atoms with E-state index in [9.17, 15) is 0 Å². The summed E-state index contributed by atoms with van der Waals surface area (Å²) in [6, 6.07) is 17.2. The predicted molar refractivity (Wildman–Crippen MR) is 122 cm³/mol. The lowest BCUT2D eigenvalue weighted by Crippen LogP contribution is -2.45. The second-order valence-electron chi connectivity index (χ2n) is 7.68. The van der Waals surface area contributed by atoms with Crippen LogP contribution in [0.3, 0.4) is 0 Å². The third-order valence-corrected chi connectivity index (χ3v) is 5.80. The van der Waals surface area contributed by atoms with Gasteiger partial charge in [-0.2, -0.15) is 0 Å². The van der Waals surface area contributed by atoms with Gasteiger partial charge in [0, 0.05) is 52.9 Å². The standard InChI is InChI=1S/C24H35N5/c1-4-28-13-15-29(16-14-28)19-23-12-8-7-11-22(23)18-27-24(25-3)26-17-21-10-6-5-9-20(21)2/h5-12H,4,13-19H2,1-3H3,(H2,25,26,27). The molecule has 2 aromatic carbocycles. The van der Waals surface area contributed by atoms with Crippen molar-refractivity contribution < 1.29 is 0 Å². The van der Waals surface area contributed by atoms with Crippen molar-refractivity contribution in [1.29, 1.82) is 0 Å².